The topological polar surface area (TPSA) is 75.6 Å². The third-order valence-corrected chi connectivity index (χ3v) is 2.61. The van der Waals surface area contributed by atoms with Gasteiger partial charge in [0.05, 0.1) is 13.5 Å². The maximum Gasteiger partial charge on any atom is 0.428 e. The Morgan fingerprint density at radius 3 is 2.27 bits per heavy atom. The summed E-state index contributed by atoms with van der Waals surface area (Å²) in [4.78, 5) is 22.6. The Morgan fingerprint density at radius 2 is 1.82 bits per heavy atom. The molecule has 0 radical (unpaired) electrons. The standard InChI is InChI=1S/C12H10F5NO4/c1-22-10(20)11(21,12(15,16)17)5-9(19)18-6-2-3-7(13)8(14)4-6/h2-4,21H,5H2,1H3,(H,18,19). The van der Waals surface area contributed by atoms with Gasteiger partial charge in [0.1, 0.15) is 0 Å². The highest BCUT2D eigenvalue weighted by atomic mass is 19.4. The van der Waals surface area contributed by atoms with Crippen LogP contribution in [0.4, 0.5) is 27.6 Å². The van der Waals surface area contributed by atoms with Crippen LogP contribution in [0.1, 0.15) is 6.42 Å². The fourth-order valence-electron chi connectivity index (χ4n) is 1.47. The van der Waals surface area contributed by atoms with Crippen molar-refractivity contribution in [2.75, 3.05) is 12.4 Å². The van der Waals surface area contributed by atoms with Crippen LogP contribution >= 0.6 is 0 Å². The maximum absolute atomic E-state index is 12.9. The van der Waals surface area contributed by atoms with Gasteiger partial charge in [0.15, 0.2) is 11.6 Å². The van der Waals surface area contributed by atoms with Crippen molar-refractivity contribution in [3.8, 4) is 0 Å². The normalized spacial score (nSPS) is 14.1. The molecule has 0 aliphatic rings. The average molecular weight is 327 g/mol. The van der Waals surface area contributed by atoms with E-state index in [1.165, 1.54) is 0 Å². The number of benzene rings is 1. The van der Waals surface area contributed by atoms with Gasteiger partial charge in [0.25, 0.3) is 5.60 Å². The molecule has 0 fully saturated rings. The highest BCUT2D eigenvalue weighted by Crippen LogP contribution is 2.34. The molecule has 1 unspecified atom stereocenters. The quantitative estimate of drug-likeness (QED) is 0.653. The number of carbonyl (C=O) groups is 2. The van der Waals surface area contributed by atoms with Gasteiger partial charge in [0, 0.05) is 11.8 Å². The summed E-state index contributed by atoms with van der Waals surface area (Å²) < 4.78 is 67.6. The molecule has 122 valence electrons. The van der Waals surface area contributed by atoms with E-state index in [4.69, 9.17) is 0 Å². The molecule has 5 nitrogen and oxygen atoms in total. The minimum Gasteiger partial charge on any atom is -0.467 e. The van der Waals surface area contributed by atoms with E-state index >= 15 is 0 Å². The molecule has 0 aromatic heterocycles. The largest absolute Gasteiger partial charge is 0.467 e. The van der Waals surface area contributed by atoms with Crippen molar-refractivity contribution in [2.24, 2.45) is 0 Å². The predicted octanol–water partition coefficient (Wildman–Crippen LogP) is 1.76. The first-order valence-electron chi connectivity index (χ1n) is 5.63. The van der Waals surface area contributed by atoms with Gasteiger partial charge in [-0.15, -0.1) is 0 Å². The third-order valence-electron chi connectivity index (χ3n) is 2.61. The van der Waals surface area contributed by atoms with Gasteiger partial charge in [-0.05, 0) is 12.1 Å². The summed E-state index contributed by atoms with van der Waals surface area (Å²) in [6, 6.07) is 2.06. The van der Waals surface area contributed by atoms with Gasteiger partial charge in [-0.2, -0.15) is 13.2 Å². The lowest BCUT2D eigenvalue weighted by Crippen LogP contribution is -2.54. The van der Waals surface area contributed by atoms with Crippen LogP contribution in [0.15, 0.2) is 18.2 Å². The fraction of sp³-hybridized carbons (Fsp3) is 0.333. The van der Waals surface area contributed by atoms with Crippen LogP contribution in [-0.4, -0.2) is 35.9 Å². The Hall–Kier alpha value is -2.23. The zero-order valence-corrected chi connectivity index (χ0v) is 11.0. The van der Waals surface area contributed by atoms with Crippen molar-refractivity contribution in [1.29, 1.82) is 0 Å². The van der Waals surface area contributed by atoms with Crippen molar-refractivity contribution in [2.45, 2.75) is 18.2 Å². The first-order chi connectivity index (χ1) is 10.0. The lowest BCUT2D eigenvalue weighted by atomic mass is 9.98. The summed E-state index contributed by atoms with van der Waals surface area (Å²) in [5.74, 6) is -6.08. The molecule has 0 spiro atoms. The summed E-state index contributed by atoms with van der Waals surface area (Å²) >= 11 is 0. The van der Waals surface area contributed by atoms with Crippen LogP contribution in [0.25, 0.3) is 0 Å². The second kappa shape index (κ2) is 6.26. The molecule has 1 rings (SSSR count). The van der Waals surface area contributed by atoms with Crippen LogP contribution < -0.4 is 5.32 Å². The van der Waals surface area contributed by atoms with E-state index in [0.29, 0.717) is 19.2 Å². The Kier molecular flexibility index (Phi) is 5.07. The molecular formula is C12H10F5NO4. The molecule has 2 N–H and O–H groups in total. The molecule has 10 heteroatoms. The fourth-order valence-corrected chi connectivity index (χ4v) is 1.47. The lowest BCUT2D eigenvalue weighted by Gasteiger charge is -2.26. The molecule has 0 saturated carbocycles. The second-order valence-electron chi connectivity index (χ2n) is 4.20. The zero-order valence-electron chi connectivity index (χ0n) is 11.0. The van der Waals surface area contributed by atoms with Crippen LogP contribution in [0.5, 0.6) is 0 Å². The number of hydrogen-bond donors (Lipinski definition) is 2. The van der Waals surface area contributed by atoms with Crippen LogP contribution in [0.2, 0.25) is 0 Å². The van der Waals surface area contributed by atoms with Crippen LogP contribution in [0.3, 0.4) is 0 Å². The van der Waals surface area contributed by atoms with E-state index < -0.39 is 41.7 Å². The summed E-state index contributed by atoms with van der Waals surface area (Å²) in [6.45, 7) is 0. The van der Waals surface area contributed by atoms with Gasteiger partial charge < -0.3 is 15.2 Å². The molecule has 0 aliphatic heterocycles. The number of nitrogens with one attached hydrogen (secondary N) is 1. The van der Waals surface area contributed by atoms with Gasteiger partial charge >= 0.3 is 12.1 Å². The number of anilines is 1. The SMILES string of the molecule is COC(=O)C(O)(CC(=O)Nc1ccc(F)c(F)c1)C(F)(F)F. The third kappa shape index (κ3) is 3.70. The molecule has 22 heavy (non-hydrogen) atoms. The number of methoxy groups -OCH3 is 1. The van der Waals surface area contributed by atoms with Gasteiger partial charge in [0.2, 0.25) is 5.91 Å². The number of halogens is 5. The number of aliphatic hydroxyl groups is 1. The predicted molar refractivity (Wildman–Crippen MR) is 62.6 cm³/mol. The molecule has 0 saturated heterocycles. The maximum atomic E-state index is 12.9. The minimum atomic E-state index is -5.47. The number of carbonyl (C=O) groups excluding carboxylic acids is 2. The number of rotatable bonds is 4. The summed E-state index contributed by atoms with van der Waals surface area (Å²) in [6.07, 6.45) is -7.17. The van der Waals surface area contributed by atoms with E-state index in [1.807, 2.05) is 0 Å². The van der Waals surface area contributed by atoms with E-state index in [2.05, 4.69) is 4.74 Å². The summed E-state index contributed by atoms with van der Waals surface area (Å²) in [5, 5.41) is 11.2. The number of amides is 1. The Bertz CT molecular complexity index is 589. The van der Waals surface area contributed by atoms with E-state index in [9.17, 15) is 36.6 Å². The van der Waals surface area contributed by atoms with Crippen molar-refractivity contribution >= 4 is 17.6 Å². The smallest absolute Gasteiger partial charge is 0.428 e. The van der Waals surface area contributed by atoms with Crippen molar-refractivity contribution in [3.05, 3.63) is 29.8 Å². The molecule has 1 atom stereocenters. The van der Waals surface area contributed by atoms with Crippen molar-refractivity contribution < 1.29 is 41.4 Å². The Balaban J connectivity index is 2.93. The van der Waals surface area contributed by atoms with E-state index in [-0.39, 0.29) is 5.69 Å². The summed E-state index contributed by atoms with van der Waals surface area (Å²) in [5.41, 5.74) is -4.40. The Labute approximate surface area is 120 Å². The molecule has 1 amide bonds. The molecule has 0 aliphatic carbocycles. The number of hydrogen-bond acceptors (Lipinski definition) is 4. The minimum absolute atomic E-state index is 0.349. The monoisotopic (exact) mass is 327 g/mol. The highest BCUT2D eigenvalue weighted by Gasteiger charge is 2.61. The molecular weight excluding hydrogens is 317 g/mol. The van der Waals surface area contributed by atoms with E-state index in [1.54, 1.807) is 5.32 Å². The number of alkyl halides is 3. The van der Waals surface area contributed by atoms with Gasteiger partial charge in [-0.1, -0.05) is 0 Å². The Morgan fingerprint density at radius 1 is 1.23 bits per heavy atom. The molecule has 1 aromatic rings. The first-order valence-corrected chi connectivity index (χ1v) is 5.63. The second-order valence-corrected chi connectivity index (χ2v) is 4.20. The number of esters is 1. The average Bonchev–Trinajstić information content (AvgIpc) is 2.40. The molecule has 1 aromatic carbocycles. The first kappa shape index (κ1) is 17.8. The van der Waals surface area contributed by atoms with Gasteiger partial charge in [-0.25, -0.2) is 13.6 Å². The molecule has 0 heterocycles. The lowest BCUT2D eigenvalue weighted by molar-refractivity contribution is -0.261. The van der Waals surface area contributed by atoms with Crippen LogP contribution in [-0.2, 0) is 14.3 Å². The number of ether oxygens (including phenoxy) is 1. The zero-order chi connectivity index (χ0) is 17.1. The van der Waals surface area contributed by atoms with Gasteiger partial charge in [-0.3, -0.25) is 4.79 Å². The van der Waals surface area contributed by atoms with E-state index in [0.717, 1.165) is 6.07 Å². The van der Waals surface area contributed by atoms with Crippen molar-refractivity contribution in [1.82, 2.24) is 0 Å². The van der Waals surface area contributed by atoms with Crippen molar-refractivity contribution in [3.63, 3.8) is 0 Å². The molecule has 0 bridgehead atoms. The summed E-state index contributed by atoms with van der Waals surface area (Å²) in [7, 11) is 0.603. The highest BCUT2D eigenvalue weighted by molar-refractivity contribution is 5.95. The van der Waals surface area contributed by atoms with Crippen LogP contribution in [0, 0.1) is 11.6 Å².